The third-order valence-electron chi connectivity index (χ3n) is 3.38. The van der Waals surface area contributed by atoms with Gasteiger partial charge in [-0.15, -0.1) is 0 Å². The van der Waals surface area contributed by atoms with E-state index in [-0.39, 0.29) is 0 Å². The average molecular weight is 213 g/mol. The Bertz CT molecular complexity index is 143. The van der Waals surface area contributed by atoms with Gasteiger partial charge in [0, 0.05) is 13.2 Å². The fraction of sp³-hybridized carbons (Fsp3) is 1.00. The summed E-state index contributed by atoms with van der Waals surface area (Å²) in [7, 11) is 0. The molecule has 1 unspecified atom stereocenters. The monoisotopic (exact) mass is 213 g/mol. The zero-order valence-corrected chi connectivity index (χ0v) is 10.5. The summed E-state index contributed by atoms with van der Waals surface area (Å²) < 4.78 is 5.76. The van der Waals surface area contributed by atoms with Crippen LogP contribution < -0.4 is 0 Å². The van der Waals surface area contributed by atoms with Crippen LogP contribution in [0.4, 0.5) is 0 Å². The van der Waals surface area contributed by atoms with Gasteiger partial charge in [0.2, 0.25) is 0 Å². The molecule has 0 N–H and O–H groups in total. The Labute approximate surface area is 95.0 Å². The maximum Gasteiger partial charge on any atom is 0.0593 e. The Kier molecular flexibility index (Phi) is 7.03. The molecule has 0 bridgehead atoms. The van der Waals surface area contributed by atoms with Gasteiger partial charge >= 0.3 is 0 Å². The van der Waals surface area contributed by atoms with Crippen molar-refractivity contribution >= 4 is 0 Å². The molecular weight excluding hydrogens is 186 g/mol. The molecule has 0 aromatic rings. The summed E-state index contributed by atoms with van der Waals surface area (Å²) in [5, 5.41) is 0. The highest BCUT2D eigenvalue weighted by molar-refractivity contribution is 4.65. The van der Waals surface area contributed by atoms with Crippen molar-refractivity contribution in [1.29, 1.82) is 0 Å². The molecule has 1 fully saturated rings. The Morgan fingerprint density at radius 3 is 2.53 bits per heavy atom. The van der Waals surface area contributed by atoms with Crippen LogP contribution in [0.15, 0.2) is 0 Å². The van der Waals surface area contributed by atoms with Gasteiger partial charge in [0.15, 0.2) is 0 Å². The highest BCUT2D eigenvalue weighted by Gasteiger charge is 2.11. The third kappa shape index (κ3) is 5.53. The van der Waals surface area contributed by atoms with E-state index in [2.05, 4.69) is 18.7 Å². The molecule has 0 aliphatic carbocycles. The quantitative estimate of drug-likeness (QED) is 0.575. The lowest BCUT2D eigenvalue weighted by atomic mass is 10.0. The van der Waals surface area contributed by atoms with Gasteiger partial charge in [0.1, 0.15) is 0 Å². The molecule has 0 aromatic heterocycles. The summed E-state index contributed by atoms with van der Waals surface area (Å²) in [6.07, 6.45) is 6.63. The van der Waals surface area contributed by atoms with Crippen LogP contribution in [0.5, 0.6) is 0 Å². The molecule has 2 heteroatoms. The number of likely N-dealkylation sites (tertiary alicyclic amines) is 1. The fourth-order valence-electron chi connectivity index (χ4n) is 2.26. The minimum Gasteiger partial charge on any atom is -0.380 e. The fourth-order valence-corrected chi connectivity index (χ4v) is 2.26. The SMILES string of the molecule is CCCC(CC)COCCN1CCCC1. The molecule has 0 aromatic carbocycles. The van der Waals surface area contributed by atoms with E-state index in [1.165, 1.54) is 45.2 Å². The first-order valence-corrected chi connectivity index (χ1v) is 6.66. The first-order valence-electron chi connectivity index (χ1n) is 6.66. The maximum atomic E-state index is 5.76. The van der Waals surface area contributed by atoms with Gasteiger partial charge in [-0.05, 0) is 38.3 Å². The lowest BCUT2D eigenvalue weighted by Gasteiger charge is -2.17. The van der Waals surface area contributed by atoms with Gasteiger partial charge in [-0.1, -0.05) is 26.7 Å². The van der Waals surface area contributed by atoms with Crippen molar-refractivity contribution in [2.45, 2.75) is 46.0 Å². The second-order valence-electron chi connectivity index (χ2n) is 4.69. The maximum absolute atomic E-state index is 5.76. The summed E-state index contributed by atoms with van der Waals surface area (Å²) in [5.41, 5.74) is 0. The molecule has 0 spiro atoms. The minimum atomic E-state index is 0.786. The molecule has 1 aliphatic rings. The smallest absolute Gasteiger partial charge is 0.0593 e. The van der Waals surface area contributed by atoms with E-state index in [1.54, 1.807) is 0 Å². The number of nitrogens with zero attached hydrogens (tertiary/aromatic N) is 1. The van der Waals surface area contributed by atoms with E-state index in [4.69, 9.17) is 4.74 Å². The van der Waals surface area contributed by atoms with Gasteiger partial charge in [-0.25, -0.2) is 0 Å². The minimum absolute atomic E-state index is 0.786. The summed E-state index contributed by atoms with van der Waals surface area (Å²) >= 11 is 0. The van der Waals surface area contributed by atoms with Crippen LogP contribution in [0.25, 0.3) is 0 Å². The number of rotatable bonds is 8. The zero-order chi connectivity index (χ0) is 10.9. The van der Waals surface area contributed by atoms with E-state index in [0.717, 1.165) is 25.7 Å². The van der Waals surface area contributed by atoms with Crippen molar-refractivity contribution < 1.29 is 4.74 Å². The topological polar surface area (TPSA) is 12.5 Å². The highest BCUT2D eigenvalue weighted by atomic mass is 16.5. The molecule has 1 aliphatic heterocycles. The standard InChI is InChI=1S/C13H27NO/c1-3-7-13(4-2)12-15-11-10-14-8-5-6-9-14/h13H,3-12H2,1-2H3. The molecule has 90 valence electrons. The van der Waals surface area contributed by atoms with E-state index in [9.17, 15) is 0 Å². The lowest BCUT2D eigenvalue weighted by Crippen LogP contribution is -2.25. The largest absolute Gasteiger partial charge is 0.380 e. The van der Waals surface area contributed by atoms with Crippen molar-refractivity contribution in [3.05, 3.63) is 0 Å². The Morgan fingerprint density at radius 1 is 1.20 bits per heavy atom. The van der Waals surface area contributed by atoms with Gasteiger partial charge in [0.25, 0.3) is 0 Å². The summed E-state index contributed by atoms with van der Waals surface area (Å²) in [4.78, 5) is 2.51. The van der Waals surface area contributed by atoms with E-state index in [1.807, 2.05) is 0 Å². The molecule has 1 heterocycles. The van der Waals surface area contributed by atoms with Crippen molar-refractivity contribution in [2.24, 2.45) is 5.92 Å². The van der Waals surface area contributed by atoms with E-state index < -0.39 is 0 Å². The van der Waals surface area contributed by atoms with E-state index >= 15 is 0 Å². The van der Waals surface area contributed by atoms with Crippen molar-refractivity contribution in [1.82, 2.24) is 4.90 Å². The van der Waals surface area contributed by atoms with Crippen LogP contribution in [0.1, 0.15) is 46.0 Å². The van der Waals surface area contributed by atoms with Crippen LogP contribution >= 0.6 is 0 Å². The van der Waals surface area contributed by atoms with Crippen LogP contribution in [-0.4, -0.2) is 37.7 Å². The summed E-state index contributed by atoms with van der Waals surface area (Å²) in [6, 6.07) is 0. The van der Waals surface area contributed by atoms with Crippen LogP contribution in [0.3, 0.4) is 0 Å². The molecule has 2 nitrogen and oxygen atoms in total. The second kappa shape index (κ2) is 8.12. The van der Waals surface area contributed by atoms with Crippen LogP contribution in [0.2, 0.25) is 0 Å². The summed E-state index contributed by atoms with van der Waals surface area (Å²) in [5.74, 6) is 0.786. The molecule has 0 amide bonds. The Hall–Kier alpha value is -0.0800. The molecular formula is C13H27NO. The van der Waals surface area contributed by atoms with Gasteiger partial charge in [-0.3, -0.25) is 0 Å². The zero-order valence-electron chi connectivity index (χ0n) is 10.5. The predicted molar refractivity (Wildman–Crippen MR) is 65.2 cm³/mol. The number of ether oxygens (including phenoxy) is 1. The number of hydrogen-bond acceptors (Lipinski definition) is 2. The molecule has 1 atom stereocenters. The average Bonchev–Trinajstić information content (AvgIpc) is 2.75. The van der Waals surface area contributed by atoms with Gasteiger partial charge in [-0.2, -0.15) is 0 Å². The molecule has 15 heavy (non-hydrogen) atoms. The van der Waals surface area contributed by atoms with Gasteiger partial charge in [0.05, 0.1) is 6.61 Å². The van der Waals surface area contributed by atoms with Crippen molar-refractivity contribution in [2.75, 3.05) is 32.8 Å². The second-order valence-corrected chi connectivity index (χ2v) is 4.69. The molecule has 0 saturated carbocycles. The first kappa shape index (κ1) is 13.0. The van der Waals surface area contributed by atoms with Crippen molar-refractivity contribution in [3.8, 4) is 0 Å². The lowest BCUT2D eigenvalue weighted by molar-refractivity contribution is 0.0787. The van der Waals surface area contributed by atoms with Crippen LogP contribution in [-0.2, 0) is 4.74 Å². The molecule has 1 rings (SSSR count). The summed E-state index contributed by atoms with van der Waals surface area (Å²) in [6.45, 7) is 10.1. The molecule has 1 saturated heterocycles. The Morgan fingerprint density at radius 2 is 1.93 bits per heavy atom. The third-order valence-corrected chi connectivity index (χ3v) is 3.38. The van der Waals surface area contributed by atoms with Gasteiger partial charge < -0.3 is 9.64 Å². The predicted octanol–water partition coefficient (Wildman–Crippen LogP) is 2.93. The molecule has 0 radical (unpaired) electrons. The first-order chi connectivity index (χ1) is 7.36. The normalized spacial score (nSPS) is 19.6. The van der Waals surface area contributed by atoms with E-state index in [0.29, 0.717) is 0 Å². The Balaban J connectivity index is 1.94. The van der Waals surface area contributed by atoms with Crippen LogP contribution in [0, 0.1) is 5.92 Å². The van der Waals surface area contributed by atoms with Crippen molar-refractivity contribution in [3.63, 3.8) is 0 Å². The highest BCUT2D eigenvalue weighted by Crippen LogP contribution is 2.11. The number of hydrogen-bond donors (Lipinski definition) is 0.